The van der Waals surface area contributed by atoms with Gasteiger partial charge in [0.25, 0.3) is 0 Å². The lowest BCUT2D eigenvalue weighted by Gasteiger charge is -2.07. The molecule has 0 saturated carbocycles. The number of Topliss-reactive ketones (excluding diaryl/α,β-unsaturated/α-hetero) is 1. The van der Waals surface area contributed by atoms with Crippen LogP contribution in [0.4, 0.5) is 0 Å². The van der Waals surface area contributed by atoms with Crippen LogP contribution in [0.5, 0.6) is 0 Å². The summed E-state index contributed by atoms with van der Waals surface area (Å²) in [6.07, 6.45) is 5.54. The summed E-state index contributed by atoms with van der Waals surface area (Å²) in [6, 6.07) is 0. The van der Waals surface area contributed by atoms with Crippen LogP contribution in [0.1, 0.15) is 52.4 Å². The topological polar surface area (TPSA) is 37.3 Å². The van der Waals surface area contributed by atoms with E-state index in [2.05, 4.69) is 6.92 Å². The summed E-state index contributed by atoms with van der Waals surface area (Å²) in [5.74, 6) is 0.624. The molecule has 0 aromatic heterocycles. The van der Waals surface area contributed by atoms with Crippen molar-refractivity contribution in [1.82, 2.24) is 0 Å². The van der Waals surface area contributed by atoms with Crippen molar-refractivity contribution >= 4 is 5.78 Å². The van der Waals surface area contributed by atoms with E-state index < -0.39 is 0 Å². The Morgan fingerprint density at radius 1 is 1.31 bits per heavy atom. The molecule has 78 valence electrons. The van der Waals surface area contributed by atoms with Gasteiger partial charge in [-0.1, -0.05) is 26.7 Å². The van der Waals surface area contributed by atoms with E-state index in [0.717, 1.165) is 32.1 Å². The number of hydrogen-bond donors (Lipinski definition) is 1. The second-order valence-electron chi connectivity index (χ2n) is 3.69. The molecule has 0 aromatic rings. The number of carbonyl (C=O) groups is 1. The molecule has 0 aliphatic rings. The molecule has 0 aliphatic carbocycles. The van der Waals surface area contributed by atoms with Crippen molar-refractivity contribution < 1.29 is 9.90 Å². The zero-order chi connectivity index (χ0) is 10.1. The second-order valence-corrected chi connectivity index (χ2v) is 3.69. The molecule has 0 amide bonds. The lowest BCUT2D eigenvalue weighted by Crippen LogP contribution is -2.10. The third kappa shape index (κ3) is 6.76. The van der Waals surface area contributed by atoms with E-state index in [0.29, 0.717) is 12.2 Å². The molecule has 0 saturated heterocycles. The summed E-state index contributed by atoms with van der Waals surface area (Å²) in [7, 11) is 0. The van der Waals surface area contributed by atoms with E-state index >= 15 is 0 Å². The van der Waals surface area contributed by atoms with Gasteiger partial charge in [0.2, 0.25) is 0 Å². The quantitative estimate of drug-likeness (QED) is 0.591. The number of carbonyl (C=O) groups excluding carboxylic acids is 1. The molecule has 0 bridgehead atoms. The maximum Gasteiger partial charge on any atom is 0.135 e. The molecular formula is C11H22O2. The minimum absolute atomic E-state index is 0.235. The summed E-state index contributed by atoms with van der Waals surface area (Å²) in [5, 5.41) is 8.54. The van der Waals surface area contributed by atoms with Gasteiger partial charge in [0.05, 0.1) is 0 Å². The maximum absolute atomic E-state index is 11.4. The number of hydrogen-bond acceptors (Lipinski definition) is 2. The van der Waals surface area contributed by atoms with Crippen molar-refractivity contribution in [3.05, 3.63) is 0 Å². The molecule has 0 aliphatic heterocycles. The highest BCUT2D eigenvalue weighted by Gasteiger charge is 2.10. The van der Waals surface area contributed by atoms with Crippen LogP contribution in [0.15, 0.2) is 0 Å². The van der Waals surface area contributed by atoms with E-state index in [1.165, 1.54) is 0 Å². The molecule has 0 spiro atoms. The lowest BCUT2D eigenvalue weighted by molar-refractivity contribution is -0.122. The van der Waals surface area contributed by atoms with Crippen molar-refractivity contribution in [2.24, 2.45) is 5.92 Å². The van der Waals surface area contributed by atoms with Gasteiger partial charge in [0.15, 0.2) is 0 Å². The average molecular weight is 186 g/mol. The first-order chi connectivity index (χ1) is 6.22. The van der Waals surface area contributed by atoms with Crippen molar-refractivity contribution in [2.75, 3.05) is 6.61 Å². The molecule has 0 radical (unpaired) electrons. The van der Waals surface area contributed by atoms with Crippen LogP contribution in [-0.4, -0.2) is 17.5 Å². The molecule has 2 heteroatoms. The molecule has 13 heavy (non-hydrogen) atoms. The van der Waals surface area contributed by atoms with Crippen molar-refractivity contribution in [3.8, 4) is 0 Å². The zero-order valence-corrected chi connectivity index (χ0v) is 8.88. The SMILES string of the molecule is CCCC(C)C(=O)CCCCCO. The summed E-state index contributed by atoms with van der Waals surface area (Å²) < 4.78 is 0. The third-order valence-electron chi connectivity index (χ3n) is 2.35. The van der Waals surface area contributed by atoms with Gasteiger partial charge in [-0.05, 0) is 19.3 Å². The van der Waals surface area contributed by atoms with Crippen molar-refractivity contribution in [2.45, 2.75) is 52.4 Å². The number of ketones is 1. The smallest absolute Gasteiger partial charge is 0.135 e. The summed E-state index contributed by atoms with van der Waals surface area (Å²) in [5.41, 5.74) is 0. The fourth-order valence-electron chi connectivity index (χ4n) is 1.43. The molecule has 0 heterocycles. The average Bonchev–Trinajstić information content (AvgIpc) is 2.12. The first-order valence-corrected chi connectivity index (χ1v) is 5.36. The van der Waals surface area contributed by atoms with Gasteiger partial charge in [-0.2, -0.15) is 0 Å². The predicted molar refractivity (Wildman–Crippen MR) is 54.6 cm³/mol. The summed E-state index contributed by atoms with van der Waals surface area (Å²) in [6.45, 7) is 4.37. The Hall–Kier alpha value is -0.370. The van der Waals surface area contributed by atoms with E-state index in [1.54, 1.807) is 0 Å². The molecule has 0 fully saturated rings. The lowest BCUT2D eigenvalue weighted by atomic mass is 9.97. The van der Waals surface area contributed by atoms with Crippen molar-refractivity contribution in [3.63, 3.8) is 0 Å². The Morgan fingerprint density at radius 3 is 2.54 bits per heavy atom. The first-order valence-electron chi connectivity index (χ1n) is 5.36. The molecular weight excluding hydrogens is 164 g/mol. The summed E-state index contributed by atoms with van der Waals surface area (Å²) >= 11 is 0. The minimum atomic E-state index is 0.235. The molecule has 1 atom stereocenters. The standard InChI is InChI=1S/C11H22O2/c1-3-7-10(2)11(13)8-5-4-6-9-12/h10,12H,3-9H2,1-2H3. The van der Waals surface area contributed by atoms with E-state index in [9.17, 15) is 4.79 Å². The van der Waals surface area contributed by atoms with Crippen LogP contribution in [0.3, 0.4) is 0 Å². The van der Waals surface area contributed by atoms with Gasteiger partial charge in [0, 0.05) is 18.9 Å². The predicted octanol–water partition coefficient (Wildman–Crippen LogP) is 2.54. The number of aliphatic hydroxyl groups is 1. The molecule has 1 unspecified atom stereocenters. The highest BCUT2D eigenvalue weighted by atomic mass is 16.2. The van der Waals surface area contributed by atoms with Gasteiger partial charge in [0.1, 0.15) is 5.78 Å². The monoisotopic (exact) mass is 186 g/mol. The van der Waals surface area contributed by atoms with E-state index in [4.69, 9.17) is 5.11 Å². The van der Waals surface area contributed by atoms with Gasteiger partial charge < -0.3 is 5.11 Å². The van der Waals surface area contributed by atoms with E-state index in [-0.39, 0.29) is 12.5 Å². The molecule has 0 rings (SSSR count). The Labute approximate surface area is 81.3 Å². The molecule has 1 N–H and O–H groups in total. The Kier molecular flexibility index (Phi) is 8.00. The largest absolute Gasteiger partial charge is 0.396 e. The van der Waals surface area contributed by atoms with Crippen LogP contribution < -0.4 is 0 Å². The van der Waals surface area contributed by atoms with Gasteiger partial charge in [-0.25, -0.2) is 0 Å². The fraction of sp³-hybridized carbons (Fsp3) is 0.909. The third-order valence-corrected chi connectivity index (χ3v) is 2.35. The van der Waals surface area contributed by atoms with Gasteiger partial charge in [-0.3, -0.25) is 4.79 Å². The maximum atomic E-state index is 11.4. The highest BCUT2D eigenvalue weighted by molar-refractivity contribution is 5.80. The van der Waals surface area contributed by atoms with Crippen LogP contribution >= 0.6 is 0 Å². The Balaban J connectivity index is 3.38. The Bertz CT molecular complexity index is 132. The Morgan fingerprint density at radius 2 is 2.00 bits per heavy atom. The van der Waals surface area contributed by atoms with Crippen LogP contribution in [0.25, 0.3) is 0 Å². The van der Waals surface area contributed by atoms with E-state index in [1.807, 2.05) is 6.92 Å². The van der Waals surface area contributed by atoms with Crippen molar-refractivity contribution in [1.29, 1.82) is 0 Å². The van der Waals surface area contributed by atoms with Gasteiger partial charge in [-0.15, -0.1) is 0 Å². The van der Waals surface area contributed by atoms with Crippen LogP contribution in [0.2, 0.25) is 0 Å². The zero-order valence-electron chi connectivity index (χ0n) is 8.88. The van der Waals surface area contributed by atoms with Crippen LogP contribution in [0, 0.1) is 5.92 Å². The van der Waals surface area contributed by atoms with Crippen LogP contribution in [-0.2, 0) is 4.79 Å². The fourth-order valence-corrected chi connectivity index (χ4v) is 1.43. The number of unbranched alkanes of at least 4 members (excludes halogenated alkanes) is 2. The minimum Gasteiger partial charge on any atom is -0.396 e. The number of aliphatic hydroxyl groups excluding tert-OH is 1. The van der Waals surface area contributed by atoms with Gasteiger partial charge >= 0.3 is 0 Å². The molecule has 2 nitrogen and oxygen atoms in total. The molecule has 0 aromatic carbocycles. The number of rotatable bonds is 8. The summed E-state index contributed by atoms with van der Waals surface area (Å²) in [4.78, 5) is 11.4. The highest BCUT2D eigenvalue weighted by Crippen LogP contribution is 2.11. The first kappa shape index (κ1) is 12.6. The normalized spacial score (nSPS) is 12.8. The second kappa shape index (κ2) is 8.24.